The van der Waals surface area contributed by atoms with E-state index in [1.54, 1.807) is 0 Å². The highest BCUT2D eigenvalue weighted by Crippen LogP contribution is 2.25. The maximum absolute atomic E-state index is 11.5. The molecule has 1 aliphatic heterocycles. The van der Waals surface area contributed by atoms with Crippen LogP contribution in [-0.2, 0) is 6.42 Å². The molecule has 0 saturated carbocycles. The highest BCUT2D eigenvalue weighted by molar-refractivity contribution is 9.10. The van der Waals surface area contributed by atoms with E-state index in [4.69, 9.17) is 0 Å². The fraction of sp³-hybridized carbons (Fsp3) is 0.300. The molecule has 0 saturated heterocycles. The fourth-order valence-corrected chi connectivity index (χ4v) is 2.00. The van der Waals surface area contributed by atoms with E-state index >= 15 is 0 Å². The predicted octanol–water partition coefficient (Wildman–Crippen LogP) is 2.04. The minimum Gasteiger partial charge on any atom is -0.352 e. The summed E-state index contributed by atoms with van der Waals surface area (Å²) >= 11 is 3.42. The number of nitrogens with one attached hydrogen (secondary N) is 1. The molecular formula is C10H10BrNO. The van der Waals surface area contributed by atoms with Gasteiger partial charge in [0.15, 0.2) is 0 Å². The summed E-state index contributed by atoms with van der Waals surface area (Å²) < 4.78 is 1.00. The number of halogens is 1. The fourth-order valence-electron chi connectivity index (χ4n) is 1.67. The van der Waals surface area contributed by atoms with E-state index in [1.807, 2.05) is 19.1 Å². The van der Waals surface area contributed by atoms with Gasteiger partial charge in [0, 0.05) is 16.6 Å². The van der Waals surface area contributed by atoms with Crippen LogP contribution in [0, 0.1) is 6.92 Å². The van der Waals surface area contributed by atoms with Crippen LogP contribution >= 0.6 is 15.9 Å². The topological polar surface area (TPSA) is 29.1 Å². The van der Waals surface area contributed by atoms with Gasteiger partial charge >= 0.3 is 0 Å². The number of rotatable bonds is 0. The quantitative estimate of drug-likeness (QED) is 0.738. The molecule has 1 heterocycles. The summed E-state index contributed by atoms with van der Waals surface area (Å²) in [7, 11) is 0. The molecule has 1 N–H and O–H groups in total. The average Bonchev–Trinajstić information content (AvgIpc) is 2.12. The first-order valence-electron chi connectivity index (χ1n) is 4.26. The molecular weight excluding hydrogens is 230 g/mol. The van der Waals surface area contributed by atoms with Gasteiger partial charge in [-0.25, -0.2) is 0 Å². The van der Waals surface area contributed by atoms with Crippen LogP contribution in [0.2, 0.25) is 0 Å². The van der Waals surface area contributed by atoms with Crippen LogP contribution in [0.1, 0.15) is 21.5 Å². The Hall–Kier alpha value is -0.830. The van der Waals surface area contributed by atoms with Crippen molar-refractivity contribution in [3.05, 3.63) is 33.3 Å². The lowest BCUT2D eigenvalue weighted by Gasteiger charge is -2.18. The van der Waals surface area contributed by atoms with Crippen LogP contribution in [-0.4, -0.2) is 12.5 Å². The second-order valence-corrected chi connectivity index (χ2v) is 4.07. The van der Waals surface area contributed by atoms with Gasteiger partial charge in [0.05, 0.1) is 0 Å². The zero-order valence-electron chi connectivity index (χ0n) is 7.36. The minimum absolute atomic E-state index is 0.0556. The lowest BCUT2D eigenvalue weighted by molar-refractivity contribution is 0.0945. The Labute approximate surface area is 85.5 Å². The normalized spacial score (nSPS) is 15.1. The van der Waals surface area contributed by atoms with Gasteiger partial charge in [-0.05, 0) is 30.5 Å². The first kappa shape index (κ1) is 8.75. The molecule has 0 atom stereocenters. The summed E-state index contributed by atoms with van der Waals surface area (Å²) in [5.74, 6) is 0.0556. The van der Waals surface area contributed by atoms with Gasteiger partial charge in [0.2, 0.25) is 0 Å². The van der Waals surface area contributed by atoms with Crippen LogP contribution < -0.4 is 5.32 Å². The molecule has 0 radical (unpaired) electrons. The minimum atomic E-state index is 0.0556. The average molecular weight is 240 g/mol. The molecule has 0 aromatic heterocycles. The Balaban J connectivity index is 2.65. The van der Waals surface area contributed by atoms with Crippen molar-refractivity contribution in [3.63, 3.8) is 0 Å². The lowest BCUT2D eigenvalue weighted by atomic mass is 9.96. The maximum Gasteiger partial charge on any atom is 0.251 e. The van der Waals surface area contributed by atoms with Gasteiger partial charge in [-0.1, -0.05) is 22.0 Å². The number of amides is 1. The molecule has 0 bridgehead atoms. The smallest absolute Gasteiger partial charge is 0.251 e. The third-order valence-corrected chi connectivity index (χ3v) is 3.25. The van der Waals surface area contributed by atoms with Crippen molar-refractivity contribution >= 4 is 21.8 Å². The van der Waals surface area contributed by atoms with E-state index < -0.39 is 0 Å². The summed E-state index contributed by atoms with van der Waals surface area (Å²) in [5, 5.41) is 2.85. The van der Waals surface area contributed by atoms with E-state index in [9.17, 15) is 4.79 Å². The van der Waals surface area contributed by atoms with Gasteiger partial charge in [-0.3, -0.25) is 4.79 Å². The van der Waals surface area contributed by atoms with Gasteiger partial charge < -0.3 is 5.32 Å². The van der Waals surface area contributed by atoms with Crippen LogP contribution in [0.3, 0.4) is 0 Å². The second-order valence-electron chi connectivity index (χ2n) is 3.21. The second kappa shape index (κ2) is 3.14. The van der Waals surface area contributed by atoms with E-state index in [0.29, 0.717) is 0 Å². The summed E-state index contributed by atoms with van der Waals surface area (Å²) in [6.07, 6.45) is 0.940. The zero-order valence-corrected chi connectivity index (χ0v) is 8.94. The molecule has 2 nitrogen and oxygen atoms in total. The molecule has 3 heteroatoms. The SMILES string of the molecule is Cc1c(Br)ccc2c1C(=O)NCC2. The third kappa shape index (κ3) is 1.37. The highest BCUT2D eigenvalue weighted by atomic mass is 79.9. The molecule has 68 valence electrons. The predicted molar refractivity (Wildman–Crippen MR) is 54.9 cm³/mol. The van der Waals surface area contributed by atoms with Crippen LogP contribution in [0.4, 0.5) is 0 Å². The number of benzene rings is 1. The summed E-state index contributed by atoms with van der Waals surface area (Å²) in [6.45, 7) is 2.72. The first-order chi connectivity index (χ1) is 6.20. The van der Waals surface area contributed by atoms with Gasteiger partial charge in [0.1, 0.15) is 0 Å². The summed E-state index contributed by atoms with van der Waals surface area (Å²) in [6, 6.07) is 4.03. The van der Waals surface area contributed by atoms with Crippen molar-refractivity contribution in [2.24, 2.45) is 0 Å². The number of carbonyl (C=O) groups excluding carboxylic acids is 1. The summed E-state index contributed by atoms with van der Waals surface area (Å²) in [5.41, 5.74) is 3.04. The van der Waals surface area contributed by atoms with Crippen LogP contribution in [0.5, 0.6) is 0 Å². The van der Waals surface area contributed by atoms with Crippen molar-refractivity contribution < 1.29 is 4.79 Å². The van der Waals surface area contributed by atoms with E-state index in [1.165, 1.54) is 0 Å². The molecule has 1 aliphatic rings. The Bertz CT molecular complexity index is 373. The Kier molecular flexibility index (Phi) is 2.12. The van der Waals surface area contributed by atoms with Crippen LogP contribution in [0.15, 0.2) is 16.6 Å². The Morgan fingerprint density at radius 2 is 2.23 bits per heavy atom. The van der Waals surface area contributed by atoms with Crippen molar-refractivity contribution in [2.45, 2.75) is 13.3 Å². The number of fused-ring (bicyclic) bond motifs is 1. The first-order valence-corrected chi connectivity index (χ1v) is 5.05. The van der Waals surface area contributed by atoms with Crippen molar-refractivity contribution in [2.75, 3.05) is 6.54 Å². The molecule has 1 amide bonds. The van der Waals surface area contributed by atoms with Crippen molar-refractivity contribution in [3.8, 4) is 0 Å². The number of hydrogen-bond donors (Lipinski definition) is 1. The number of carbonyl (C=O) groups is 1. The van der Waals surface area contributed by atoms with Gasteiger partial charge in [-0.15, -0.1) is 0 Å². The Morgan fingerprint density at radius 1 is 1.46 bits per heavy atom. The summed E-state index contributed by atoms with van der Waals surface area (Å²) in [4.78, 5) is 11.5. The lowest BCUT2D eigenvalue weighted by Crippen LogP contribution is -2.32. The zero-order chi connectivity index (χ0) is 9.42. The number of hydrogen-bond acceptors (Lipinski definition) is 1. The molecule has 0 spiro atoms. The molecule has 0 aliphatic carbocycles. The van der Waals surface area contributed by atoms with E-state index in [2.05, 4.69) is 21.2 Å². The van der Waals surface area contributed by atoms with Crippen molar-refractivity contribution in [1.29, 1.82) is 0 Å². The van der Waals surface area contributed by atoms with Crippen LogP contribution in [0.25, 0.3) is 0 Å². The molecule has 13 heavy (non-hydrogen) atoms. The van der Waals surface area contributed by atoms with Gasteiger partial charge in [0.25, 0.3) is 5.91 Å². The largest absolute Gasteiger partial charge is 0.352 e. The molecule has 1 aromatic rings. The Morgan fingerprint density at radius 3 is 3.00 bits per heavy atom. The molecule has 2 rings (SSSR count). The molecule has 1 aromatic carbocycles. The van der Waals surface area contributed by atoms with E-state index in [0.717, 1.165) is 34.1 Å². The van der Waals surface area contributed by atoms with E-state index in [-0.39, 0.29) is 5.91 Å². The molecule has 0 fully saturated rings. The monoisotopic (exact) mass is 239 g/mol. The molecule has 0 unspecified atom stereocenters. The van der Waals surface area contributed by atoms with Gasteiger partial charge in [-0.2, -0.15) is 0 Å². The standard InChI is InChI=1S/C10H10BrNO/c1-6-8(11)3-2-7-4-5-12-10(13)9(6)7/h2-3H,4-5H2,1H3,(H,12,13). The van der Waals surface area contributed by atoms with Crippen molar-refractivity contribution in [1.82, 2.24) is 5.32 Å². The third-order valence-electron chi connectivity index (χ3n) is 2.39. The highest BCUT2D eigenvalue weighted by Gasteiger charge is 2.19. The maximum atomic E-state index is 11.5.